The van der Waals surface area contributed by atoms with Crippen molar-refractivity contribution in [1.29, 1.82) is 0 Å². The lowest BCUT2D eigenvalue weighted by Crippen LogP contribution is -2.34. The fourth-order valence-corrected chi connectivity index (χ4v) is 2.15. The lowest BCUT2D eigenvalue weighted by Gasteiger charge is -2.13. The Kier molecular flexibility index (Phi) is 3.84. The molecule has 0 saturated carbocycles. The fourth-order valence-electron chi connectivity index (χ4n) is 2.15. The van der Waals surface area contributed by atoms with Gasteiger partial charge in [-0.2, -0.15) is 4.68 Å². The highest BCUT2D eigenvalue weighted by Crippen LogP contribution is 2.12. The summed E-state index contributed by atoms with van der Waals surface area (Å²) in [7, 11) is 0. The predicted octanol–water partition coefficient (Wildman–Crippen LogP) is 2.13. The van der Waals surface area contributed by atoms with E-state index in [-0.39, 0.29) is 0 Å². The van der Waals surface area contributed by atoms with Gasteiger partial charge >= 0.3 is 0 Å². The van der Waals surface area contributed by atoms with Crippen LogP contribution in [0.15, 0.2) is 53.3 Å². The third-order valence-electron chi connectivity index (χ3n) is 3.45. The Morgan fingerprint density at radius 1 is 1.17 bits per heavy atom. The monoisotopic (exact) mass is 312 g/mol. The average Bonchev–Trinajstić information content (AvgIpc) is 2.57. The maximum atomic E-state index is 12.9. The third kappa shape index (κ3) is 2.94. The highest BCUT2D eigenvalue weighted by molar-refractivity contribution is 5.93. The smallest absolute Gasteiger partial charge is 0.278 e. The minimum atomic E-state index is -0.857. The lowest BCUT2D eigenvalue weighted by molar-refractivity contribution is -0.119. The molecule has 3 rings (SSSR count). The Labute approximate surface area is 130 Å². The van der Waals surface area contributed by atoms with Crippen LogP contribution in [0, 0.1) is 5.82 Å². The van der Waals surface area contributed by atoms with Crippen LogP contribution < -0.4 is 10.9 Å². The third-order valence-corrected chi connectivity index (χ3v) is 3.45. The molecule has 1 aromatic heterocycles. The number of hydrogen-bond acceptors (Lipinski definition) is 4. The summed E-state index contributed by atoms with van der Waals surface area (Å²) in [6.45, 7) is 1.55. The van der Waals surface area contributed by atoms with E-state index < -0.39 is 23.3 Å². The predicted molar refractivity (Wildman–Crippen MR) is 83.5 cm³/mol. The summed E-state index contributed by atoms with van der Waals surface area (Å²) in [5.74, 6) is -0.837. The molecular weight excluding hydrogens is 299 g/mol. The van der Waals surface area contributed by atoms with Crippen LogP contribution in [0.2, 0.25) is 0 Å². The van der Waals surface area contributed by atoms with Crippen LogP contribution in [0.1, 0.15) is 13.0 Å². The van der Waals surface area contributed by atoms with Crippen LogP contribution in [-0.2, 0) is 4.79 Å². The van der Waals surface area contributed by atoms with E-state index in [1.165, 1.54) is 24.3 Å². The summed E-state index contributed by atoms with van der Waals surface area (Å²) in [6.07, 6.45) is 0. The molecule has 6 nitrogen and oxygen atoms in total. The Morgan fingerprint density at radius 2 is 1.87 bits per heavy atom. The highest BCUT2D eigenvalue weighted by atomic mass is 19.1. The molecule has 0 aliphatic heterocycles. The molecule has 0 unspecified atom stereocenters. The van der Waals surface area contributed by atoms with Gasteiger partial charge in [0.1, 0.15) is 17.4 Å². The Balaban J connectivity index is 1.89. The molecule has 0 radical (unpaired) electrons. The number of fused-ring (bicyclic) bond motifs is 1. The second kappa shape index (κ2) is 5.96. The van der Waals surface area contributed by atoms with Gasteiger partial charge in [0.25, 0.3) is 5.56 Å². The Hall–Kier alpha value is -3.09. The SMILES string of the molecule is C[C@@H](C(=O)Nc1ccc(F)cc1)n1nnc2ccccc2c1=O. The standard InChI is InChI=1S/C16H13FN4O2/c1-10(15(22)18-12-8-6-11(17)7-9-12)21-16(23)13-4-2-3-5-14(13)19-20-21/h2-10H,1H3,(H,18,22)/t10-/m0/s1. The van der Waals surface area contributed by atoms with Crippen molar-refractivity contribution in [3.63, 3.8) is 0 Å². The molecule has 0 aliphatic rings. The molecule has 23 heavy (non-hydrogen) atoms. The molecule has 0 fully saturated rings. The molecule has 1 heterocycles. The number of rotatable bonds is 3. The summed E-state index contributed by atoms with van der Waals surface area (Å²) in [5.41, 5.74) is 0.516. The van der Waals surface area contributed by atoms with Gasteiger partial charge in [0.05, 0.1) is 5.39 Å². The maximum Gasteiger partial charge on any atom is 0.278 e. The molecule has 0 saturated heterocycles. The molecule has 1 N–H and O–H groups in total. The maximum absolute atomic E-state index is 12.9. The first-order valence-corrected chi connectivity index (χ1v) is 6.97. The minimum absolute atomic E-state index is 0.391. The van der Waals surface area contributed by atoms with Crippen molar-refractivity contribution in [2.75, 3.05) is 5.32 Å². The van der Waals surface area contributed by atoms with Crippen molar-refractivity contribution in [2.45, 2.75) is 13.0 Å². The molecule has 7 heteroatoms. The van der Waals surface area contributed by atoms with Gasteiger partial charge in [-0.3, -0.25) is 9.59 Å². The van der Waals surface area contributed by atoms with Crippen molar-refractivity contribution >= 4 is 22.5 Å². The first-order valence-electron chi connectivity index (χ1n) is 6.97. The molecule has 116 valence electrons. The quantitative estimate of drug-likeness (QED) is 0.804. The van der Waals surface area contributed by atoms with E-state index in [9.17, 15) is 14.0 Å². The first-order chi connectivity index (χ1) is 11.1. The topological polar surface area (TPSA) is 76.9 Å². The zero-order valence-electron chi connectivity index (χ0n) is 12.2. The van der Waals surface area contributed by atoms with Crippen molar-refractivity contribution in [3.8, 4) is 0 Å². The number of halogens is 1. The van der Waals surface area contributed by atoms with Crippen LogP contribution in [0.3, 0.4) is 0 Å². The number of nitrogens with one attached hydrogen (secondary N) is 1. The highest BCUT2D eigenvalue weighted by Gasteiger charge is 2.19. The number of nitrogens with zero attached hydrogens (tertiary/aromatic N) is 3. The largest absolute Gasteiger partial charge is 0.324 e. The van der Waals surface area contributed by atoms with E-state index in [2.05, 4.69) is 15.6 Å². The van der Waals surface area contributed by atoms with E-state index in [1.807, 2.05) is 0 Å². The Bertz CT molecular complexity index is 921. The second-order valence-electron chi connectivity index (χ2n) is 5.03. The van der Waals surface area contributed by atoms with Crippen molar-refractivity contribution in [1.82, 2.24) is 15.0 Å². The van der Waals surface area contributed by atoms with Crippen LogP contribution in [-0.4, -0.2) is 20.9 Å². The Morgan fingerprint density at radius 3 is 2.61 bits per heavy atom. The summed E-state index contributed by atoms with van der Waals surface area (Å²) >= 11 is 0. The molecule has 1 atom stereocenters. The number of hydrogen-bond donors (Lipinski definition) is 1. The molecule has 0 spiro atoms. The van der Waals surface area contributed by atoms with Crippen LogP contribution in [0.4, 0.5) is 10.1 Å². The van der Waals surface area contributed by atoms with Crippen LogP contribution >= 0.6 is 0 Å². The van der Waals surface area contributed by atoms with E-state index >= 15 is 0 Å². The number of aromatic nitrogens is 3. The number of anilines is 1. The van der Waals surface area contributed by atoms with Gasteiger partial charge in [0.2, 0.25) is 5.91 Å². The van der Waals surface area contributed by atoms with Gasteiger partial charge in [-0.1, -0.05) is 17.3 Å². The van der Waals surface area contributed by atoms with Crippen molar-refractivity contribution in [2.24, 2.45) is 0 Å². The summed E-state index contributed by atoms with van der Waals surface area (Å²) in [6, 6.07) is 11.3. The molecular formula is C16H13FN4O2. The lowest BCUT2D eigenvalue weighted by atomic mass is 10.2. The van der Waals surface area contributed by atoms with Gasteiger partial charge in [0, 0.05) is 5.69 Å². The fraction of sp³-hybridized carbons (Fsp3) is 0.125. The zero-order chi connectivity index (χ0) is 16.4. The average molecular weight is 312 g/mol. The first kappa shape index (κ1) is 14.8. The number of carbonyl (C=O) groups is 1. The van der Waals surface area contributed by atoms with Gasteiger partial charge < -0.3 is 5.32 Å². The number of carbonyl (C=O) groups excluding carboxylic acids is 1. The normalized spacial score (nSPS) is 12.1. The second-order valence-corrected chi connectivity index (χ2v) is 5.03. The van der Waals surface area contributed by atoms with Gasteiger partial charge in [-0.25, -0.2) is 4.39 Å². The summed E-state index contributed by atoms with van der Waals surface area (Å²) in [5, 5.41) is 10.8. The van der Waals surface area contributed by atoms with Gasteiger partial charge in [-0.05, 0) is 43.3 Å². The van der Waals surface area contributed by atoms with Gasteiger partial charge in [0.15, 0.2) is 0 Å². The zero-order valence-corrected chi connectivity index (χ0v) is 12.2. The minimum Gasteiger partial charge on any atom is -0.324 e. The molecule has 0 aliphatic carbocycles. The van der Waals surface area contributed by atoms with E-state index in [1.54, 1.807) is 31.2 Å². The molecule has 2 aromatic carbocycles. The molecule has 0 bridgehead atoms. The summed E-state index contributed by atoms with van der Waals surface area (Å²) < 4.78 is 13.9. The molecule has 3 aromatic rings. The van der Waals surface area contributed by atoms with E-state index in [0.29, 0.717) is 16.6 Å². The van der Waals surface area contributed by atoms with E-state index in [4.69, 9.17) is 0 Å². The summed E-state index contributed by atoms with van der Waals surface area (Å²) in [4.78, 5) is 24.7. The van der Waals surface area contributed by atoms with Crippen LogP contribution in [0.25, 0.3) is 10.9 Å². The van der Waals surface area contributed by atoms with Gasteiger partial charge in [-0.15, -0.1) is 5.10 Å². The molecule has 1 amide bonds. The number of amides is 1. The number of benzene rings is 2. The van der Waals surface area contributed by atoms with Crippen LogP contribution in [0.5, 0.6) is 0 Å². The van der Waals surface area contributed by atoms with Crippen molar-refractivity contribution in [3.05, 3.63) is 64.7 Å². The van der Waals surface area contributed by atoms with E-state index in [0.717, 1.165) is 4.68 Å². The van der Waals surface area contributed by atoms with Crippen molar-refractivity contribution < 1.29 is 9.18 Å².